The number of benzene rings is 1. The minimum absolute atomic E-state index is 0.0423. The minimum Gasteiger partial charge on any atom is -0.456 e. The van der Waals surface area contributed by atoms with Gasteiger partial charge in [0.05, 0.1) is 11.3 Å². The van der Waals surface area contributed by atoms with Crippen LogP contribution in [0.4, 0.5) is 5.69 Å². The van der Waals surface area contributed by atoms with E-state index in [4.69, 9.17) is 4.74 Å². The van der Waals surface area contributed by atoms with E-state index in [1.807, 2.05) is 0 Å². The van der Waals surface area contributed by atoms with Gasteiger partial charge in [-0.25, -0.2) is 0 Å². The van der Waals surface area contributed by atoms with Crippen molar-refractivity contribution >= 4 is 23.5 Å². The molecule has 2 atom stereocenters. The Kier molecular flexibility index (Phi) is 7.48. The van der Waals surface area contributed by atoms with Gasteiger partial charge in [-0.05, 0) is 30.4 Å². The monoisotopic (exact) mass is 391 g/mol. The maximum Gasteiger partial charge on any atom is 0.308 e. The van der Waals surface area contributed by atoms with Crippen molar-refractivity contribution in [2.45, 2.75) is 26.7 Å². The van der Waals surface area contributed by atoms with Gasteiger partial charge in [-0.1, -0.05) is 13.8 Å². The lowest BCUT2D eigenvalue weighted by atomic mass is 9.92. The number of nitro benzene ring substituents is 1. The molecule has 0 bridgehead atoms. The fourth-order valence-electron chi connectivity index (χ4n) is 3.29. The van der Waals surface area contributed by atoms with Crippen molar-refractivity contribution in [2.75, 3.05) is 26.2 Å². The first-order valence-corrected chi connectivity index (χ1v) is 9.22. The summed E-state index contributed by atoms with van der Waals surface area (Å²) in [7, 11) is 0. The molecule has 0 radical (unpaired) electrons. The Morgan fingerprint density at radius 2 is 1.79 bits per heavy atom. The third-order valence-electron chi connectivity index (χ3n) is 4.53. The van der Waals surface area contributed by atoms with Crippen LogP contribution in [0.2, 0.25) is 0 Å². The molecule has 28 heavy (non-hydrogen) atoms. The lowest BCUT2D eigenvalue weighted by molar-refractivity contribution is -0.384. The largest absolute Gasteiger partial charge is 0.456 e. The average Bonchev–Trinajstić information content (AvgIpc) is 2.65. The Hall–Kier alpha value is -2.97. The summed E-state index contributed by atoms with van der Waals surface area (Å²) in [4.78, 5) is 47.7. The Morgan fingerprint density at radius 1 is 1.18 bits per heavy atom. The molecule has 0 aromatic heterocycles. The minimum atomic E-state index is -0.574. The van der Waals surface area contributed by atoms with Gasteiger partial charge in [-0.3, -0.25) is 24.5 Å². The maximum absolute atomic E-state index is 12.2. The summed E-state index contributed by atoms with van der Waals surface area (Å²) in [5.41, 5.74) is 0.143. The van der Waals surface area contributed by atoms with Crippen molar-refractivity contribution in [3.8, 4) is 0 Å². The molecule has 2 amide bonds. The Labute approximate surface area is 163 Å². The SMILES string of the molecule is C[C@@H]1C[C@@H](C)CN(C(=O)COC(=O)CCNC(=O)c2ccc([N+](=O)[O-])cc2)C1. The first kappa shape index (κ1) is 21.3. The predicted octanol–water partition coefficient (Wildman–Crippen LogP) is 1.76. The van der Waals surface area contributed by atoms with E-state index in [1.165, 1.54) is 24.3 Å². The van der Waals surface area contributed by atoms with Gasteiger partial charge < -0.3 is 15.0 Å². The van der Waals surface area contributed by atoms with Gasteiger partial charge in [0.2, 0.25) is 0 Å². The molecular formula is C19H25N3O6. The molecule has 1 saturated heterocycles. The van der Waals surface area contributed by atoms with E-state index in [9.17, 15) is 24.5 Å². The van der Waals surface area contributed by atoms with Crippen molar-refractivity contribution in [1.29, 1.82) is 0 Å². The molecule has 1 aromatic carbocycles. The number of non-ortho nitro benzene ring substituents is 1. The number of nitro groups is 1. The van der Waals surface area contributed by atoms with E-state index in [-0.39, 0.29) is 36.7 Å². The van der Waals surface area contributed by atoms with Crippen molar-refractivity contribution in [1.82, 2.24) is 10.2 Å². The topological polar surface area (TPSA) is 119 Å². The summed E-state index contributed by atoms with van der Waals surface area (Å²) < 4.78 is 5.00. The van der Waals surface area contributed by atoms with E-state index < -0.39 is 16.8 Å². The molecular weight excluding hydrogens is 366 g/mol. The Morgan fingerprint density at radius 3 is 2.36 bits per heavy atom. The molecule has 9 nitrogen and oxygen atoms in total. The molecule has 1 N–H and O–H groups in total. The number of piperidine rings is 1. The lowest BCUT2D eigenvalue weighted by Crippen LogP contribution is -2.44. The van der Waals surface area contributed by atoms with Gasteiger partial charge in [0.1, 0.15) is 0 Å². The number of amides is 2. The standard InChI is InChI=1S/C19H25N3O6/c1-13-9-14(2)11-21(10-13)17(23)12-28-18(24)7-8-20-19(25)15-3-5-16(6-4-15)22(26)27/h3-6,13-14H,7-12H2,1-2H3,(H,20,25)/t13-,14-/m1/s1. The number of likely N-dealkylation sites (tertiary alicyclic amines) is 1. The van der Waals surface area contributed by atoms with Crippen LogP contribution in [0, 0.1) is 22.0 Å². The summed E-state index contributed by atoms with van der Waals surface area (Å²) in [6.07, 6.45) is 1.01. The quantitative estimate of drug-likeness (QED) is 0.430. The zero-order chi connectivity index (χ0) is 20.7. The van der Waals surface area contributed by atoms with E-state index in [1.54, 1.807) is 4.90 Å². The normalized spacial score (nSPS) is 19.0. The Bertz CT molecular complexity index is 724. The number of esters is 1. The smallest absolute Gasteiger partial charge is 0.308 e. The molecule has 0 spiro atoms. The van der Waals surface area contributed by atoms with Crippen LogP contribution in [0.5, 0.6) is 0 Å². The summed E-state index contributed by atoms with van der Waals surface area (Å²) in [6, 6.07) is 5.14. The van der Waals surface area contributed by atoms with Crippen LogP contribution in [-0.2, 0) is 14.3 Å². The molecule has 0 saturated carbocycles. The summed E-state index contributed by atoms with van der Waals surface area (Å²) in [5, 5.41) is 13.1. The van der Waals surface area contributed by atoms with Gasteiger partial charge in [-0.15, -0.1) is 0 Å². The van der Waals surface area contributed by atoms with Gasteiger partial charge in [0.15, 0.2) is 6.61 Å². The highest BCUT2D eigenvalue weighted by atomic mass is 16.6. The molecule has 152 valence electrons. The highest BCUT2D eigenvalue weighted by molar-refractivity contribution is 5.94. The number of nitrogens with one attached hydrogen (secondary N) is 1. The fourth-order valence-corrected chi connectivity index (χ4v) is 3.29. The van der Waals surface area contributed by atoms with Crippen LogP contribution >= 0.6 is 0 Å². The van der Waals surface area contributed by atoms with Gasteiger partial charge in [-0.2, -0.15) is 0 Å². The lowest BCUT2D eigenvalue weighted by Gasteiger charge is -2.34. The van der Waals surface area contributed by atoms with Crippen LogP contribution in [0.25, 0.3) is 0 Å². The van der Waals surface area contributed by atoms with Gasteiger partial charge >= 0.3 is 5.97 Å². The number of hydrogen-bond donors (Lipinski definition) is 1. The van der Waals surface area contributed by atoms with E-state index in [2.05, 4.69) is 19.2 Å². The zero-order valence-corrected chi connectivity index (χ0v) is 16.1. The van der Waals surface area contributed by atoms with E-state index in [0.29, 0.717) is 24.9 Å². The maximum atomic E-state index is 12.2. The number of carbonyl (C=O) groups is 3. The van der Waals surface area contributed by atoms with Crippen molar-refractivity contribution < 1.29 is 24.0 Å². The predicted molar refractivity (Wildman–Crippen MR) is 101 cm³/mol. The molecule has 1 aliphatic rings. The highest BCUT2D eigenvalue weighted by Crippen LogP contribution is 2.20. The van der Waals surface area contributed by atoms with E-state index in [0.717, 1.165) is 6.42 Å². The molecule has 1 fully saturated rings. The first-order valence-electron chi connectivity index (χ1n) is 9.22. The molecule has 2 rings (SSSR count). The molecule has 9 heteroatoms. The number of ether oxygens (including phenoxy) is 1. The molecule has 1 heterocycles. The Balaban J connectivity index is 1.68. The summed E-state index contributed by atoms with van der Waals surface area (Å²) >= 11 is 0. The molecule has 0 aliphatic carbocycles. The second-order valence-electron chi connectivity index (χ2n) is 7.22. The third kappa shape index (κ3) is 6.33. The van der Waals surface area contributed by atoms with Crippen LogP contribution in [-0.4, -0.2) is 53.8 Å². The summed E-state index contributed by atoms with van der Waals surface area (Å²) in [6.45, 7) is 5.28. The molecule has 0 unspecified atom stereocenters. The average molecular weight is 391 g/mol. The van der Waals surface area contributed by atoms with Crippen LogP contribution in [0.15, 0.2) is 24.3 Å². The number of rotatable bonds is 7. The summed E-state index contributed by atoms with van der Waals surface area (Å²) in [5.74, 6) is -0.372. The fraction of sp³-hybridized carbons (Fsp3) is 0.526. The van der Waals surface area contributed by atoms with Gasteiger partial charge in [0.25, 0.3) is 17.5 Å². The van der Waals surface area contributed by atoms with Crippen molar-refractivity contribution in [3.05, 3.63) is 39.9 Å². The molecule has 1 aromatic rings. The first-order chi connectivity index (χ1) is 13.3. The van der Waals surface area contributed by atoms with Crippen molar-refractivity contribution in [3.63, 3.8) is 0 Å². The molecule has 1 aliphatic heterocycles. The third-order valence-corrected chi connectivity index (χ3v) is 4.53. The second-order valence-corrected chi connectivity index (χ2v) is 7.22. The van der Waals surface area contributed by atoms with Crippen LogP contribution in [0.1, 0.15) is 37.0 Å². The van der Waals surface area contributed by atoms with Crippen molar-refractivity contribution in [2.24, 2.45) is 11.8 Å². The highest BCUT2D eigenvalue weighted by Gasteiger charge is 2.25. The van der Waals surface area contributed by atoms with Gasteiger partial charge in [0, 0.05) is 37.3 Å². The number of nitrogens with zero attached hydrogens (tertiary/aromatic N) is 2. The number of hydrogen-bond acceptors (Lipinski definition) is 6. The zero-order valence-electron chi connectivity index (χ0n) is 16.1. The number of carbonyl (C=O) groups excluding carboxylic acids is 3. The van der Waals surface area contributed by atoms with Crippen LogP contribution < -0.4 is 5.32 Å². The van der Waals surface area contributed by atoms with E-state index >= 15 is 0 Å². The second kappa shape index (κ2) is 9.82. The van der Waals surface area contributed by atoms with Crippen LogP contribution in [0.3, 0.4) is 0 Å².